The molecule has 0 fully saturated rings. The van der Waals surface area contributed by atoms with Crippen LogP contribution in [0.3, 0.4) is 0 Å². The Morgan fingerprint density at radius 3 is 2.23 bits per heavy atom. The second kappa shape index (κ2) is 12.8. The molecule has 2 aromatic rings. The van der Waals surface area contributed by atoms with E-state index in [1.807, 2.05) is 62.3 Å². The summed E-state index contributed by atoms with van der Waals surface area (Å²) in [6.45, 7) is 6.19. The van der Waals surface area contributed by atoms with E-state index in [1.54, 1.807) is 13.1 Å². The van der Waals surface area contributed by atoms with Crippen LogP contribution in [-0.4, -0.2) is 56.5 Å². The number of unbranched alkanes of at least 4 members (excludes halogenated alkanes) is 2. The lowest BCUT2D eigenvalue weighted by Crippen LogP contribution is -2.57. The first-order valence-electron chi connectivity index (χ1n) is 14.3. The van der Waals surface area contributed by atoms with Crippen LogP contribution < -0.4 is 10.6 Å². The van der Waals surface area contributed by atoms with Crippen LogP contribution in [0.2, 0.25) is 0 Å². The molecular weight excluding hydrogens is 510 g/mol. The van der Waals surface area contributed by atoms with Crippen LogP contribution in [0.25, 0.3) is 0 Å². The van der Waals surface area contributed by atoms with Crippen molar-refractivity contribution in [2.24, 2.45) is 5.73 Å². The minimum atomic E-state index is -3.91. The molecule has 0 saturated heterocycles. The number of amides is 1. The molecule has 1 aliphatic rings. The van der Waals surface area contributed by atoms with Crippen molar-refractivity contribution >= 4 is 21.6 Å². The smallest absolute Gasteiger partial charge is 0.243 e. The Balaban J connectivity index is 2.38. The van der Waals surface area contributed by atoms with Gasteiger partial charge < -0.3 is 15.7 Å². The number of aliphatic hydroxyl groups excluding tert-OH is 1. The fourth-order valence-electron chi connectivity index (χ4n) is 6.14. The third-order valence-corrected chi connectivity index (χ3v) is 10.5. The molecular formula is C31H47N3O4S. The second-order valence-electron chi connectivity index (χ2n) is 11.2. The number of benzene rings is 2. The molecule has 0 aliphatic carbocycles. The normalized spacial score (nSPS) is 21.1. The van der Waals surface area contributed by atoms with Gasteiger partial charge in [-0.1, -0.05) is 77.1 Å². The quantitative estimate of drug-likeness (QED) is 0.365. The first-order valence-corrected chi connectivity index (χ1v) is 15.8. The Morgan fingerprint density at radius 2 is 1.69 bits per heavy atom. The van der Waals surface area contributed by atoms with E-state index in [4.69, 9.17) is 5.73 Å². The van der Waals surface area contributed by atoms with Crippen molar-refractivity contribution in [2.45, 2.75) is 101 Å². The van der Waals surface area contributed by atoms with Gasteiger partial charge in [-0.15, -0.1) is 0 Å². The summed E-state index contributed by atoms with van der Waals surface area (Å²) in [6, 6.07) is 13.1. The summed E-state index contributed by atoms with van der Waals surface area (Å²) in [5, 5.41) is 12.5. The Labute approximate surface area is 235 Å². The minimum Gasteiger partial charge on any atom is -0.390 e. The SMILES string of the molecule is CCCCC1(CCCC)[C@H](O)[C@H](c2cccc(C(CCC)C(N)=O)c2)c2cc(N(C)C)ccc2S(=O)(=O)N1C. The summed E-state index contributed by atoms with van der Waals surface area (Å²) >= 11 is 0. The van der Waals surface area contributed by atoms with Gasteiger partial charge in [0.1, 0.15) is 0 Å². The topological polar surface area (TPSA) is 104 Å². The Hall–Kier alpha value is -2.42. The highest BCUT2D eigenvalue weighted by atomic mass is 32.2. The fourth-order valence-corrected chi connectivity index (χ4v) is 7.93. The molecule has 1 aliphatic heterocycles. The van der Waals surface area contributed by atoms with Crippen LogP contribution in [0.15, 0.2) is 47.4 Å². The monoisotopic (exact) mass is 557 g/mol. The largest absolute Gasteiger partial charge is 0.390 e. The molecule has 39 heavy (non-hydrogen) atoms. The molecule has 7 nitrogen and oxygen atoms in total. The number of hydrogen-bond donors (Lipinski definition) is 2. The fraction of sp³-hybridized carbons (Fsp3) is 0.581. The minimum absolute atomic E-state index is 0.222. The zero-order valence-corrected chi connectivity index (χ0v) is 25.3. The molecule has 0 aromatic heterocycles. The number of anilines is 1. The number of carbonyl (C=O) groups excluding carboxylic acids is 1. The zero-order chi connectivity index (χ0) is 29.0. The van der Waals surface area contributed by atoms with E-state index >= 15 is 0 Å². The van der Waals surface area contributed by atoms with Gasteiger partial charge in [-0.05, 0) is 54.2 Å². The van der Waals surface area contributed by atoms with Crippen LogP contribution in [0.1, 0.15) is 101 Å². The van der Waals surface area contributed by atoms with Crippen LogP contribution >= 0.6 is 0 Å². The standard InChI is InChI=1S/C31H47N3O4S/c1-7-10-18-31(19-11-8-2)29(35)28(23-15-12-14-22(20-23)25(13-9-3)30(32)36)26-21-24(33(4)5)16-17-27(26)39(37,38)34(31)6/h12,14-17,20-21,25,28-29,35H,7-11,13,18-19H2,1-6H3,(H2,32,36)/t25?,28-,29-/m1/s1. The van der Waals surface area contributed by atoms with Gasteiger partial charge in [0.25, 0.3) is 0 Å². The lowest BCUT2D eigenvalue weighted by Gasteiger charge is -2.45. The van der Waals surface area contributed by atoms with E-state index in [2.05, 4.69) is 13.8 Å². The molecule has 216 valence electrons. The van der Waals surface area contributed by atoms with E-state index in [9.17, 15) is 18.3 Å². The molecule has 8 heteroatoms. The highest BCUT2D eigenvalue weighted by molar-refractivity contribution is 7.89. The second-order valence-corrected chi connectivity index (χ2v) is 13.2. The maximum absolute atomic E-state index is 14.3. The Kier molecular flexibility index (Phi) is 10.2. The van der Waals surface area contributed by atoms with Crippen LogP contribution in [-0.2, 0) is 14.8 Å². The number of aliphatic hydroxyl groups is 1. The zero-order valence-electron chi connectivity index (χ0n) is 24.5. The average Bonchev–Trinajstić information content (AvgIpc) is 2.95. The van der Waals surface area contributed by atoms with Crippen LogP contribution in [0, 0.1) is 0 Å². The molecule has 0 radical (unpaired) electrons. The lowest BCUT2D eigenvalue weighted by atomic mass is 9.72. The predicted octanol–water partition coefficient (Wildman–Crippen LogP) is 5.37. The van der Waals surface area contributed by atoms with Gasteiger partial charge >= 0.3 is 0 Å². The number of hydrogen-bond acceptors (Lipinski definition) is 5. The van der Waals surface area contributed by atoms with Gasteiger partial charge in [0.05, 0.1) is 22.5 Å². The highest BCUT2D eigenvalue weighted by Gasteiger charge is 2.53. The summed E-state index contributed by atoms with van der Waals surface area (Å²) in [5.74, 6) is -1.43. The molecule has 0 bridgehead atoms. The van der Waals surface area contributed by atoms with E-state index < -0.39 is 33.5 Å². The van der Waals surface area contributed by atoms with E-state index in [1.165, 1.54) is 4.31 Å². The first kappa shape index (κ1) is 31.1. The summed E-state index contributed by atoms with van der Waals surface area (Å²) in [7, 11) is 1.56. The van der Waals surface area contributed by atoms with Crippen LogP contribution in [0.4, 0.5) is 5.69 Å². The van der Waals surface area contributed by atoms with Gasteiger partial charge in [-0.3, -0.25) is 4.79 Å². The number of rotatable bonds is 12. The molecule has 1 heterocycles. The first-order chi connectivity index (χ1) is 18.5. The number of sulfonamides is 1. The van der Waals surface area contributed by atoms with Crippen LogP contribution in [0.5, 0.6) is 0 Å². The summed E-state index contributed by atoms with van der Waals surface area (Å²) < 4.78 is 30.0. The Bertz CT molecular complexity index is 1240. The number of likely N-dealkylation sites (N-methyl/N-ethyl adjacent to an activating group) is 1. The molecule has 0 spiro atoms. The summed E-state index contributed by atoms with van der Waals surface area (Å²) in [5.41, 5.74) is 7.85. The molecule has 2 aromatic carbocycles. The molecule has 3 N–H and O–H groups in total. The predicted molar refractivity (Wildman–Crippen MR) is 159 cm³/mol. The van der Waals surface area contributed by atoms with Gasteiger partial charge in [0.15, 0.2) is 0 Å². The van der Waals surface area contributed by atoms with Gasteiger partial charge in [-0.2, -0.15) is 4.31 Å². The van der Waals surface area contributed by atoms with E-state index in [-0.39, 0.29) is 10.8 Å². The number of nitrogens with zero attached hydrogens (tertiary/aromatic N) is 2. The lowest BCUT2D eigenvalue weighted by molar-refractivity contribution is -0.119. The van der Waals surface area contributed by atoms with Crippen molar-refractivity contribution in [3.63, 3.8) is 0 Å². The number of fused-ring (bicyclic) bond motifs is 1. The number of primary amides is 1. The van der Waals surface area contributed by atoms with Crippen molar-refractivity contribution < 1.29 is 18.3 Å². The van der Waals surface area contributed by atoms with Crippen molar-refractivity contribution in [3.8, 4) is 0 Å². The number of nitrogens with two attached hydrogens (primary N) is 1. The molecule has 3 rings (SSSR count). The van der Waals surface area contributed by atoms with Crippen molar-refractivity contribution in [1.29, 1.82) is 0 Å². The highest BCUT2D eigenvalue weighted by Crippen LogP contribution is 2.48. The van der Waals surface area contributed by atoms with Gasteiger partial charge in [0, 0.05) is 32.7 Å². The van der Waals surface area contributed by atoms with E-state index in [0.717, 1.165) is 48.9 Å². The van der Waals surface area contributed by atoms with Crippen molar-refractivity contribution in [3.05, 3.63) is 59.2 Å². The van der Waals surface area contributed by atoms with Crippen molar-refractivity contribution in [2.75, 3.05) is 26.0 Å². The maximum Gasteiger partial charge on any atom is 0.243 e. The molecule has 1 amide bonds. The van der Waals surface area contributed by atoms with E-state index in [0.29, 0.717) is 24.8 Å². The summed E-state index contributed by atoms with van der Waals surface area (Å²) in [6.07, 6.45) is 4.94. The molecule has 3 atom stereocenters. The third kappa shape index (κ3) is 6.03. The molecule has 1 unspecified atom stereocenters. The molecule has 0 saturated carbocycles. The maximum atomic E-state index is 14.3. The summed E-state index contributed by atoms with van der Waals surface area (Å²) in [4.78, 5) is 14.5. The van der Waals surface area contributed by atoms with Gasteiger partial charge in [0.2, 0.25) is 15.9 Å². The number of carbonyl (C=O) groups is 1. The Morgan fingerprint density at radius 1 is 1.05 bits per heavy atom. The third-order valence-electron chi connectivity index (χ3n) is 8.50. The van der Waals surface area contributed by atoms with Gasteiger partial charge in [-0.25, -0.2) is 8.42 Å². The van der Waals surface area contributed by atoms with Crippen molar-refractivity contribution in [1.82, 2.24) is 4.31 Å². The average molecular weight is 558 g/mol.